The topological polar surface area (TPSA) is 109 Å². The Labute approximate surface area is 210 Å². The van der Waals surface area contributed by atoms with E-state index in [0.717, 1.165) is 6.42 Å². The molecule has 2 saturated heterocycles. The lowest BCUT2D eigenvalue weighted by atomic mass is 9.96. The molecule has 9 nitrogen and oxygen atoms in total. The summed E-state index contributed by atoms with van der Waals surface area (Å²) in [5, 5.41) is 11.2. The maximum absolute atomic E-state index is 13.3. The van der Waals surface area contributed by atoms with Crippen molar-refractivity contribution < 1.29 is 29.0 Å². The van der Waals surface area contributed by atoms with Gasteiger partial charge in [-0.25, -0.2) is 4.79 Å². The normalized spacial score (nSPS) is 20.0. The number of ketones is 1. The number of likely N-dealkylation sites (tertiary alicyclic amines) is 2. The quantitative estimate of drug-likeness (QED) is 0.354. The molecule has 1 N–H and O–H groups in total. The standard InChI is InChI=1S/C27H31N3O6/c1-3-17-36-20-10-8-18(9-11-20)24(31)22-23(21-7-5-6-14-28-21)30(26(33)25(22)32)19-12-15-29(16-13-19)27(34)35-4-2/h5-11,14,19,23,31H,3-4,12-13,15-17H2,1-2H3/b24-22+. The number of benzene rings is 1. The minimum absolute atomic E-state index is 0.00810. The van der Waals surface area contributed by atoms with Gasteiger partial charge in [-0.3, -0.25) is 14.6 Å². The molecule has 9 heteroatoms. The van der Waals surface area contributed by atoms with E-state index in [-0.39, 0.29) is 23.5 Å². The summed E-state index contributed by atoms with van der Waals surface area (Å²) in [7, 11) is 0. The lowest BCUT2D eigenvalue weighted by Gasteiger charge is -2.38. The van der Waals surface area contributed by atoms with Gasteiger partial charge in [-0.2, -0.15) is 0 Å². The van der Waals surface area contributed by atoms with Crippen molar-refractivity contribution in [2.45, 2.75) is 45.2 Å². The van der Waals surface area contributed by atoms with Gasteiger partial charge in [-0.05, 0) is 62.6 Å². The lowest BCUT2D eigenvalue weighted by Crippen LogP contribution is -2.48. The van der Waals surface area contributed by atoms with Crippen LogP contribution in [0.1, 0.15) is 50.4 Å². The lowest BCUT2D eigenvalue weighted by molar-refractivity contribution is -0.142. The van der Waals surface area contributed by atoms with Crippen LogP contribution < -0.4 is 4.74 Å². The summed E-state index contributed by atoms with van der Waals surface area (Å²) in [5.74, 6) is -1.02. The van der Waals surface area contributed by atoms with E-state index < -0.39 is 17.7 Å². The zero-order valence-corrected chi connectivity index (χ0v) is 20.6. The van der Waals surface area contributed by atoms with E-state index in [0.29, 0.717) is 56.2 Å². The third kappa shape index (κ3) is 5.05. The van der Waals surface area contributed by atoms with Crippen LogP contribution in [0.5, 0.6) is 5.75 Å². The summed E-state index contributed by atoms with van der Waals surface area (Å²) < 4.78 is 10.7. The van der Waals surface area contributed by atoms with Crippen molar-refractivity contribution in [1.82, 2.24) is 14.8 Å². The number of amides is 2. The maximum atomic E-state index is 13.3. The van der Waals surface area contributed by atoms with E-state index in [9.17, 15) is 19.5 Å². The second-order valence-electron chi connectivity index (χ2n) is 8.75. The third-order valence-corrected chi connectivity index (χ3v) is 6.43. The van der Waals surface area contributed by atoms with Gasteiger partial charge < -0.3 is 24.4 Å². The smallest absolute Gasteiger partial charge is 0.409 e. The monoisotopic (exact) mass is 493 g/mol. The van der Waals surface area contributed by atoms with Crippen LogP contribution in [0.4, 0.5) is 4.79 Å². The Balaban J connectivity index is 1.67. The second kappa shape index (κ2) is 11.2. The molecule has 2 aliphatic heterocycles. The first-order valence-corrected chi connectivity index (χ1v) is 12.3. The summed E-state index contributed by atoms with van der Waals surface area (Å²) >= 11 is 0. The molecule has 3 heterocycles. The first-order valence-electron chi connectivity index (χ1n) is 12.3. The van der Waals surface area contributed by atoms with Gasteiger partial charge in [0, 0.05) is 30.9 Å². The van der Waals surface area contributed by atoms with E-state index in [1.165, 1.54) is 4.90 Å². The minimum atomic E-state index is -0.832. The fourth-order valence-corrected chi connectivity index (χ4v) is 4.68. The molecule has 2 amide bonds. The highest BCUT2D eigenvalue weighted by atomic mass is 16.6. The number of nitrogens with zero attached hydrogens (tertiary/aromatic N) is 3. The maximum Gasteiger partial charge on any atom is 0.409 e. The Morgan fingerprint density at radius 2 is 1.81 bits per heavy atom. The fourth-order valence-electron chi connectivity index (χ4n) is 4.68. The number of hydrogen-bond acceptors (Lipinski definition) is 7. The van der Waals surface area contributed by atoms with Crippen molar-refractivity contribution in [2.75, 3.05) is 26.3 Å². The molecule has 0 spiro atoms. The zero-order valence-electron chi connectivity index (χ0n) is 20.6. The molecule has 1 aromatic heterocycles. The highest BCUT2D eigenvalue weighted by Gasteiger charge is 2.50. The van der Waals surface area contributed by atoms with Gasteiger partial charge in [-0.15, -0.1) is 0 Å². The van der Waals surface area contributed by atoms with Crippen LogP contribution >= 0.6 is 0 Å². The van der Waals surface area contributed by atoms with Crippen molar-refractivity contribution in [2.24, 2.45) is 0 Å². The van der Waals surface area contributed by atoms with Crippen LogP contribution in [-0.4, -0.2) is 70.0 Å². The number of piperidine rings is 1. The predicted octanol–water partition coefficient (Wildman–Crippen LogP) is 3.91. The first-order chi connectivity index (χ1) is 17.5. The molecule has 0 saturated carbocycles. The van der Waals surface area contributed by atoms with Crippen LogP contribution in [0.2, 0.25) is 0 Å². The fraction of sp³-hybridized carbons (Fsp3) is 0.407. The SMILES string of the molecule is CCCOc1ccc(/C(O)=C2\C(=O)C(=O)N(C3CCN(C(=O)OCC)CC3)C2c2ccccn2)cc1. The summed E-state index contributed by atoms with van der Waals surface area (Å²) in [5.41, 5.74) is 0.914. The number of pyridine rings is 1. The van der Waals surface area contributed by atoms with E-state index in [1.807, 2.05) is 6.92 Å². The first kappa shape index (κ1) is 25.2. The van der Waals surface area contributed by atoms with E-state index in [4.69, 9.17) is 9.47 Å². The van der Waals surface area contributed by atoms with Crippen LogP contribution in [0, 0.1) is 0 Å². The summed E-state index contributed by atoms with van der Waals surface area (Å²) in [6.07, 6.45) is 3.05. The summed E-state index contributed by atoms with van der Waals surface area (Å²) in [6, 6.07) is 10.9. The number of ether oxygens (including phenoxy) is 2. The van der Waals surface area contributed by atoms with E-state index in [1.54, 1.807) is 60.5 Å². The van der Waals surface area contributed by atoms with Gasteiger partial charge >= 0.3 is 6.09 Å². The molecule has 0 aliphatic carbocycles. The molecule has 2 aromatic rings. The molecular formula is C27H31N3O6. The Bertz CT molecular complexity index is 1120. The molecule has 1 unspecified atom stereocenters. The molecule has 0 radical (unpaired) electrons. The van der Waals surface area contributed by atoms with Gasteiger partial charge in [0.1, 0.15) is 17.6 Å². The van der Waals surface area contributed by atoms with E-state index in [2.05, 4.69) is 4.98 Å². The van der Waals surface area contributed by atoms with Gasteiger partial charge in [0.15, 0.2) is 0 Å². The number of aliphatic hydroxyl groups is 1. The predicted molar refractivity (Wildman–Crippen MR) is 132 cm³/mol. The van der Waals surface area contributed by atoms with E-state index >= 15 is 0 Å². The van der Waals surface area contributed by atoms with Gasteiger partial charge in [0.25, 0.3) is 11.7 Å². The Kier molecular flexibility index (Phi) is 7.87. The molecule has 4 rings (SSSR count). The molecule has 1 aromatic carbocycles. The number of carbonyl (C=O) groups is 3. The average Bonchev–Trinajstić information content (AvgIpc) is 3.18. The van der Waals surface area contributed by atoms with Crippen molar-refractivity contribution in [3.05, 3.63) is 65.5 Å². The van der Waals surface area contributed by atoms with Crippen molar-refractivity contribution in [1.29, 1.82) is 0 Å². The number of carbonyl (C=O) groups excluding carboxylic acids is 3. The largest absolute Gasteiger partial charge is 0.507 e. The van der Waals surface area contributed by atoms with Crippen LogP contribution in [-0.2, 0) is 14.3 Å². The number of rotatable bonds is 7. The average molecular weight is 494 g/mol. The molecule has 1 atom stereocenters. The van der Waals surface area contributed by atoms with Gasteiger partial charge in [0.2, 0.25) is 0 Å². The summed E-state index contributed by atoms with van der Waals surface area (Å²) in [4.78, 5) is 46.2. The van der Waals surface area contributed by atoms with Gasteiger partial charge in [0.05, 0.1) is 24.5 Å². The molecule has 36 heavy (non-hydrogen) atoms. The Hall–Kier alpha value is -3.88. The molecule has 190 valence electrons. The zero-order chi connectivity index (χ0) is 25.7. The number of aliphatic hydroxyl groups excluding tert-OH is 1. The molecular weight excluding hydrogens is 462 g/mol. The number of aromatic nitrogens is 1. The van der Waals surface area contributed by atoms with Crippen molar-refractivity contribution >= 4 is 23.5 Å². The third-order valence-electron chi connectivity index (χ3n) is 6.43. The highest BCUT2D eigenvalue weighted by molar-refractivity contribution is 6.46. The Morgan fingerprint density at radius 1 is 1.08 bits per heavy atom. The molecule has 0 bridgehead atoms. The summed E-state index contributed by atoms with van der Waals surface area (Å²) in [6.45, 7) is 5.44. The number of Topliss-reactive ketones (excluding diaryl/α,β-unsaturated/α-hetero) is 1. The highest BCUT2D eigenvalue weighted by Crippen LogP contribution is 2.41. The minimum Gasteiger partial charge on any atom is -0.507 e. The van der Waals surface area contributed by atoms with Crippen LogP contribution in [0.15, 0.2) is 54.2 Å². The molecule has 2 aliphatic rings. The molecule has 2 fully saturated rings. The van der Waals surface area contributed by atoms with Gasteiger partial charge in [-0.1, -0.05) is 13.0 Å². The van der Waals surface area contributed by atoms with Crippen molar-refractivity contribution in [3.8, 4) is 5.75 Å². The number of hydrogen-bond donors (Lipinski definition) is 1. The second-order valence-corrected chi connectivity index (χ2v) is 8.75. The van der Waals surface area contributed by atoms with Crippen LogP contribution in [0.3, 0.4) is 0 Å². The van der Waals surface area contributed by atoms with Crippen molar-refractivity contribution in [3.63, 3.8) is 0 Å². The van der Waals surface area contributed by atoms with Crippen LogP contribution in [0.25, 0.3) is 5.76 Å². The Morgan fingerprint density at radius 3 is 2.42 bits per heavy atom.